The zero-order valence-corrected chi connectivity index (χ0v) is 11.6. The van der Waals surface area contributed by atoms with Crippen molar-refractivity contribution in [3.8, 4) is 0 Å². The van der Waals surface area contributed by atoms with Crippen molar-refractivity contribution in [3.63, 3.8) is 0 Å². The van der Waals surface area contributed by atoms with E-state index in [4.69, 9.17) is 4.52 Å². The number of hydrogen-bond donors (Lipinski definition) is 1. The van der Waals surface area contributed by atoms with E-state index in [1.54, 1.807) is 6.92 Å². The Hall–Kier alpha value is -1.36. The van der Waals surface area contributed by atoms with Gasteiger partial charge in [0.1, 0.15) is 0 Å². The summed E-state index contributed by atoms with van der Waals surface area (Å²) >= 11 is 3.55. The Morgan fingerprint density at radius 3 is 2.41 bits per heavy atom. The van der Waals surface area contributed by atoms with Gasteiger partial charge >= 0.3 is 0 Å². The van der Waals surface area contributed by atoms with Crippen LogP contribution in [0.3, 0.4) is 0 Å². The van der Waals surface area contributed by atoms with Crippen molar-refractivity contribution in [1.82, 2.24) is 10.1 Å². The highest BCUT2D eigenvalue weighted by molar-refractivity contribution is 9.10. The highest BCUT2D eigenvalue weighted by Gasteiger charge is 2.04. The summed E-state index contributed by atoms with van der Waals surface area (Å²) in [5.41, 5.74) is 3.47. The molecule has 1 aromatic carbocycles. The molecule has 5 heteroatoms. The second kappa shape index (κ2) is 4.87. The summed E-state index contributed by atoms with van der Waals surface area (Å²) in [5, 5.41) is 7.11. The van der Waals surface area contributed by atoms with Gasteiger partial charge in [0.05, 0.1) is 6.54 Å². The van der Waals surface area contributed by atoms with Crippen LogP contribution in [0, 0.1) is 20.8 Å². The van der Waals surface area contributed by atoms with Gasteiger partial charge < -0.3 is 9.84 Å². The monoisotopic (exact) mass is 295 g/mol. The van der Waals surface area contributed by atoms with E-state index in [-0.39, 0.29) is 0 Å². The van der Waals surface area contributed by atoms with Gasteiger partial charge in [0.15, 0.2) is 5.82 Å². The molecule has 0 saturated heterocycles. The standard InChI is InChI=1S/C12H14BrN3O/c1-7-4-10(5-8(2)12(7)13)14-6-11-15-9(3)17-16-11/h4-5,14H,6H2,1-3H3. The molecular formula is C12H14BrN3O. The molecule has 2 rings (SSSR count). The van der Waals surface area contributed by atoms with Crippen LogP contribution in [0.1, 0.15) is 22.8 Å². The highest BCUT2D eigenvalue weighted by atomic mass is 79.9. The molecule has 17 heavy (non-hydrogen) atoms. The Labute approximate surface area is 109 Å². The van der Waals surface area contributed by atoms with Crippen molar-refractivity contribution in [3.05, 3.63) is 39.4 Å². The molecule has 0 saturated carbocycles. The summed E-state index contributed by atoms with van der Waals surface area (Å²) in [6.45, 7) is 6.49. The minimum Gasteiger partial charge on any atom is -0.378 e. The third kappa shape index (κ3) is 2.85. The number of aromatic nitrogens is 2. The fraction of sp³-hybridized carbons (Fsp3) is 0.333. The summed E-state index contributed by atoms with van der Waals surface area (Å²) in [6, 6.07) is 4.17. The molecule has 0 aliphatic rings. The van der Waals surface area contributed by atoms with Crippen LogP contribution < -0.4 is 5.32 Å². The highest BCUT2D eigenvalue weighted by Crippen LogP contribution is 2.25. The maximum atomic E-state index is 4.91. The largest absolute Gasteiger partial charge is 0.378 e. The minimum absolute atomic E-state index is 0.567. The Balaban J connectivity index is 2.09. The summed E-state index contributed by atoms with van der Waals surface area (Å²) in [4.78, 5) is 4.14. The van der Waals surface area contributed by atoms with Crippen molar-refractivity contribution < 1.29 is 4.52 Å². The first-order chi connectivity index (χ1) is 8.06. The number of halogens is 1. The van der Waals surface area contributed by atoms with Gasteiger partial charge in [0.25, 0.3) is 0 Å². The van der Waals surface area contributed by atoms with Crippen LogP contribution in [0.5, 0.6) is 0 Å². The Morgan fingerprint density at radius 2 is 1.88 bits per heavy atom. The second-order valence-corrected chi connectivity index (χ2v) is 4.80. The minimum atomic E-state index is 0.567. The fourth-order valence-electron chi connectivity index (χ4n) is 1.64. The van der Waals surface area contributed by atoms with Crippen molar-refractivity contribution in [2.75, 3.05) is 5.32 Å². The molecule has 0 atom stereocenters. The molecule has 1 heterocycles. The summed E-state index contributed by atoms with van der Waals surface area (Å²) in [5.74, 6) is 1.26. The molecule has 4 nitrogen and oxygen atoms in total. The molecule has 2 aromatic rings. The van der Waals surface area contributed by atoms with E-state index >= 15 is 0 Å². The molecule has 0 fully saturated rings. The lowest BCUT2D eigenvalue weighted by Crippen LogP contribution is -2.02. The van der Waals surface area contributed by atoms with Crippen molar-refractivity contribution >= 4 is 21.6 Å². The maximum absolute atomic E-state index is 4.91. The van der Waals surface area contributed by atoms with Gasteiger partial charge in [-0.25, -0.2) is 0 Å². The van der Waals surface area contributed by atoms with Gasteiger partial charge in [-0.1, -0.05) is 21.1 Å². The molecule has 0 aliphatic heterocycles. The average molecular weight is 296 g/mol. The van der Waals surface area contributed by atoms with Crippen LogP contribution in [0.4, 0.5) is 5.69 Å². The van der Waals surface area contributed by atoms with Gasteiger partial charge in [-0.2, -0.15) is 4.98 Å². The van der Waals surface area contributed by atoms with Crippen LogP contribution in [0.25, 0.3) is 0 Å². The number of rotatable bonds is 3. The van der Waals surface area contributed by atoms with E-state index < -0.39 is 0 Å². The summed E-state index contributed by atoms with van der Waals surface area (Å²) in [7, 11) is 0. The molecule has 0 radical (unpaired) electrons. The molecular weight excluding hydrogens is 282 g/mol. The van der Waals surface area contributed by atoms with Crippen LogP contribution >= 0.6 is 15.9 Å². The zero-order chi connectivity index (χ0) is 12.4. The normalized spacial score (nSPS) is 10.6. The third-order valence-corrected chi connectivity index (χ3v) is 3.71. The lowest BCUT2D eigenvalue weighted by Gasteiger charge is -2.08. The van der Waals surface area contributed by atoms with Crippen LogP contribution in [0.2, 0.25) is 0 Å². The van der Waals surface area contributed by atoms with Crippen molar-refractivity contribution in [1.29, 1.82) is 0 Å². The zero-order valence-electron chi connectivity index (χ0n) is 10.0. The number of aryl methyl sites for hydroxylation is 3. The van der Waals surface area contributed by atoms with E-state index in [2.05, 4.69) is 57.4 Å². The molecule has 0 amide bonds. The first kappa shape index (κ1) is 12.1. The smallest absolute Gasteiger partial charge is 0.223 e. The number of nitrogens with one attached hydrogen (secondary N) is 1. The molecule has 0 unspecified atom stereocenters. The number of benzene rings is 1. The predicted molar refractivity (Wildman–Crippen MR) is 70.0 cm³/mol. The Kier molecular flexibility index (Phi) is 3.47. The van der Waals surface area contributed by atoms with Crippen LogP contribution in [-0.2, 0) is 6.54 Å². The SMILES string of the molecule is Cc1nc(CNc2cc(C)c(Br)c(C)c2)no1. The average Bonchev–Trinajstić information content (AvgIpc) is 2.69. The maximum Gasteiger partial charge on any atom is 0.223 e. The third-order valence-electron chi connectivity index (χ3n) is 2.46. The van der Waals surface area contributed by atoms with E-state index in [0.29, 0.717) is 18.3 Å². The van der Waals surface area contributed by atoms with Gasteiger partial charge in [-0.3, -0.25) is 0 Å². The van der Waals surface area contributed by atoms with Crippen molar-refractivity contribution in [2.24, 2.45) is 0 Å². The van der Waals surface area contributed by atoms with E-state index in [9.17, 15) is 0 Å². The van der Waals surface area contributed by atoms with E-state index in [1.807, 2.05) is 0 Å². The number of nitrogens with zero attached hydrogens (tertiary/aromatic N) is 2. The number of hydrogen-bond acceptors (Lipinski definition) is 4. The van der Waals surface area contributed by atoms with E-state index in [0.717, 1.165) is 10.2 Å². The molecule has 1 aromatic heterocycles. The molecule has 90 valence electrons. The van der Waals surface area contributed by atoms with E-state index in [1.165, 1.54) is 11.1 Å². The van der Waals surface area contributed by atoms with Gasteiger partial charge in [0, 0.05) is 17.1 Å². The van der Waals surface area contributed by atoms with Gasteiger partial charge in [-0.15, -0.1) is 0 Å². The van der Waals surface area contributed by atoms with Crippen LogP contribution in [0.15, 0.2) is 21.1 Å². The second-order valence-electron chi connectivity index (χ2n) is 4.01. The first-order valence-corrected chi connectivity index (χ1v) is 6.15. The molecule has 0 spiro atoms. The number of anilines is 1. The summed E-state index contributed by atoms with van der Waals surface area (Å²) < 4.78 is 6.06. The van der Waals surface area contributed by atoms with Crippen LogP contribution in [-0.4, -0.2) is 10.1 Å². The molecule has 0 bridgehead atoms. The van der Waals surface area contributed by atoms with Crippen molar-refractivity contribution in [2.45, 2.75) is 27.3 Å². The molecule has 1 N–H and O–H groups in total. The Morgan fingerprint density at radius 1 is 1.24 bits per heavy atom. The predicted octanol–water partition coefficient (Wildman–Crippen LogP) is 3.37. The van der Waals surface area contributed by atoms with Gasteiger partial charge in [-0.05, 0) is 37.1 Å². The lowest BCUT2D eigenvalue weighted by molar-refractivity contribution is 0.388. The quantitative estimate of drug-likeness (QED) is 0.943. The fourth-order valence-corrected chi connectivity index (χ4v) is 1.87. The Bertz CT molecular complexity index is 513. The summed E-state index contributed by atoms with van der Waals surface area (Å²) in [6.07, 6.45) is 0. The first-order valence-electron chi connectivity index (χ1n) is 5.36. The van der Waals surface area contributed by atoms with Gasteiger partial charge in [0.2, 0.25) is 5.89 Å². The molecule has 0 aliphatic carbocycles. The topological polar surface area (TPSA) is 51.0 Å². The lowest BCUT2D eigenvalue weighted by atomic mass is 10.1.